The van der Waals surface area contributed by atoms with Crippen molar-refractivity contribution in [1.29, 1.82) is 0 Å². The van der Waals surface area contributed by atoms with Crippen LogP contribution in [0.25, 0.3) is 6.08 Å². The highest BCUT2D eigenvalue weighted by Crippen LogP contribution is 2.27. The third kappa shape index (κ3) is 9.80. The zero-order chi connectivity index (χ0) is 28.3. The molecule has 1 fully saturated rings. The van der Waals surface area contributed by atoms with Crippen molar-refractivity contribution in [2.24, 2.45) is 5.92 Å². The minimum atomic E-state index is -0.834. The van der Waals surface area contributed by atoms with E-state index in [0.29, 0.717) is 6.54 Å². The number of nitrogens with one attached hydrogen (secondary N) is 2. The lowest BCUT2D eigenvalue weighted by atomic mass is 9.94. The Hall–Kier alpha value is -2.83. The number of amides is 3. The molecule has 2 N–H and O–H groups in total. The molecule has 2 rings (SSSR count). The maximum atomic E-state index is 14.2. The van der Waals surface area contributed by atoms with Gasteiger partial charge in [-0.05, 0) is 63.1 Å². The van der Waals surface area contributed by atoms with E-state index in [2.05, 4.69) is 24.1 Å². The Kier molecular flexibility index (Phi) is 12.3. The van der Waals surface area contributed by atoms with Crippen molar-refractivity contribution in [3.8, 4) is 0 Å². The number of alkyl carbamates (subject to hydrolysis) is 1. The number of nitrogens with zero attached hydrogens (tertiary/aromatic N) is 1. The van der Waals surface area contributed by atoms with Gasteiger partial charge in [0.15, 0.2) is 0 Å². The lowest BCUT2D eigenvalue weighted by molar-refractivity contribution is -0.143. The topological polar surface area (TPSA) is 87.7 Å². The molecule has 0 aromatic heterocycles. The molecule has 2 unspecified atom stereocenters. The number of hydrogen-bond donors (Lipinski definition) is 2. The molecular weight excluding hydrogens is 478 g/mol. The Morgan fingerprint density at radius 3 is 2.39 bits per heavy atom. The Labute approximate surface area is 229 Å². The molecule has 0 radical (unpaired) electrons. The number of rotatable bonds is 12. The highest BCUT2D eigenvalue weighted by atomic mass is 16.6. The Bertz CT molecular complexity index is 931. The summed E-state index contributed by atoms with van der Waals surface area (Å²) in [6, 6.07) is 6.09. The molecule has 1 aromatic carbocycles. The molecule has 0 bridgehead atoms. The van der Waals surface area contributed by atoms with Gasteiger partial charge in [-0.3, -0.25) is 9.59 Å². The quantitative estimate of drug-likeness (QED) is 0.308. The second kappa shape index (κ2) is 14.9. The molecule has 0 aliphatic heterocycles. The fraction of sp³-hybridized carbons (Fsp3) is 0.645. The normalized spacial score (nSPS) is 15.9. The first-order valence-electron chi connectivity index (χ1n) is 14.3. The summed E-state index contributed by atoms with van der Waals surface area (Å²) in [5.41, 5.74) is 0.926. The van der Waals surface area contributed by atoms with E-state index in [9.17, 15) is 14.4 Å². The van der Waals surface area contributed by atoms with Gasteiger partial charge in [-0.25, -0.2) is 4.79 Å². The SMILES string of the molecule is C=Cc1cccc(C(C(=O)NC2CCCCC2)N(CCCCC)C(=O)C(NC(=O)OC(C)(C)C)C(C)C)c1. The van der Waals surface area contributed by atoms with Gasteiger partial charge in [0.2, 0.25) is 11.8 Å². The smallest absolute Gasteiger partial charge is 0.408 e. The minimum absolute atomic E-state index is 0.106. The molecule has 7 heteroatoms. The Morgan fingerprint density at radius 1 is 1.13 bits per heavy atom. The minimum Gasteiger partial charge on any atom is -0.444 e. The van der Waals surface area contributed by atoms with Gasteiger partial charge >= 0.3 is 6.09 Å². The van der Waals surface area contributed by atoms with Crippen LogP contribution in [0.4, 0.5) is 4.79 Å². The summed E-state index contributed by atoms with van der Waals surface area (Å²) in [4.78, 5) is 42.5. The van der Waals surface area contributed by atoms with Gasteiger partial charge in [-0.2, -0.15) is 0 Å². The van der Waals surface area contributed by atoms with Crippen LogP contribution in [-0.2, 0) is 14.3 Å². The third-order valence-corrected chi connectivity index (χ3v) is 6.86. The first-order valence-corrected chi connectivity index (χ1v) is 14.3. The lowest BCUT2D eigenvalue weighted by Crippen LogP contribution is -2.55. The first kappa shape index (κ1) is 31.4. The molecule has 1 aliphatic rings. The van der Waals surface area contributed by atoms with Crippen LogP contribution in [0, 0.1) is 5.92 Å². The second-order valence-corrected chi connectivity index (χ2v) is 11.7. The van der Waals surface area contributed by atoms with Crippen LogP contribution in [0.2, 0.25) is 0 Å². The predicted octanol–water partition coefficient (Wildman–Crippen LogP) is 6.39. The van der Waals surface area contributed by atoms with E-state index in [0.717, 1.165) is 56.1 Å². The third-order valence-electron chi connectivity index (χ3n) is 6.86. The van der Waals surface area contributed by atoms with Crippen molar-refractivity contribution in [1.82, 2.24) is 15.5 Å². The van der Waals surface area contributed by atoms with Crippen molar-refractivity contribution in [2.75, 3.05) is 6.54 Å². The molecule has 1 aliphatic carbocycles. The maximum Gasteiger partial charge on any atom is 0.408 e. The van der Waals surface area contributed by atoms with Gasteiger partial charge in [0.1, 0.15) is 17.7 Å². The molecule has 0 spiro atoms. The molecule has 1 aromatic rings. The molecule has 38 heavy (non-hydrogen) atoms. The highest BCUT2D eigenvalue weighted by molar-refractivity contribution is 5.92. The van der Waals surface area contributed by atoms with Crippen LogP contribution < -0.4 is 10.6 Å². The van der Waals surface area contributed by atoms with Gasteiger partial charge in [0.05, 0.1) is 0 Å². The molecule has 2 atom stereocenters. The molecule has 3 amide bonds. The Balaban J connectivity index is 2.48. The van der Waals surface area contributed by atoms with Gasteiger partial charge in [-0.1, -0.05) is 83.7 Å². The van der Waals surface area contributed by atoms with Gasteiger partial charge < -0.3 is 20.3 Å². The van der Waals surface area contributed by atoms with Gasteiger partial charge in [0.25, 0.3) is 0 Å². The van der Waals surface area contributed by atoms with Crippen LogP contribution in [0.15, 0.2) is 30.8 Å². The number of benzene rings is 1. The molecule has 0 saturated heterocycles. The molecule has 1 saturated carbocycles. The van der Waals surface area contributed by atoms with Gasteiger partial charge in [0, 0.05) is 12.6 Å². The summed E-state index contributed by atoms with van der Waals surface area (Å²) < 4.78 is 5.46. The van der Waals surface area contributed by atoms with Crippen LogP contribution in [0.5, 0.6) is 0 Å². The number of hydrogen-bond acceptors (Lipinski definition) is 4. The summed E-state index contributed by atoms with van der Waals surface area (Å²) in [5, 5.41) is 6.04. The largest absolute Gasteiger partial charge is 0.444 e. The summed E-state index contributed by atoms with van der Waals surface area (Å²) >= 11 is 0. The lowest BCUT2D eigenvalue weighted by Gasteiger charge is -2.36. The monoisotopic (exact) mass is 527 g/mol. The molecule has 0 heterocycles. The summed E-state index contributed by atoms with van der Waals surface area (Å²) in [6.45, 7) is 15.5. The van der Waals surface area contributed by atoms with E-state index in [1.54, 1.807) is 31.7 Å². The number of carbonyl (C=O) groups excluding carboxylic acids is 3. The van der Waals surface area contributed by atoms with E-state index in [1.165, 1.54) is 6.42 Å². The highest BCUT2D eigenvalue weighted by Gasteiger charge is 2.38. The van der Waals surface area contributed by atoms with Crippen molar-refractivity contribution in [3.63, 3.8) is 0 Å². The van der Waals surface area contributed by atoms with Crippen molar-refractivity contribution in [3.05, 3.63) is 42.0 Å². The number of unbranched alkanes of at least 4 members (excludes halogenated alkanes) is 2. The summed E-state index contributed by atoms with van der Waals surface area (Å²) in [6.07, 6.45) is 9.04. The van der Waals surface area contributed by atoms with Crippen molar-refractivity contribution >= 4 is 24.0 Å². The second-order valence-electron chi connectivity index (χ2n) is 11.7. The fourth-order valence-electron chi connectivity index (χ4n) is 4.88. The average molecular weight is 528 g/mol. The molecular formula is C31H49N3O4. The van der Waals surface area contributed by atoms with Crippen LogP contribution in [0.1, 0.15) is 110 Å². The molecule has 212 valence electrons. The summed E-state index contributed by atoms with van der Waals surface area (Å²) in [7, 11) is 0. The Morgan fingerprint density at radius 2 is 1.82 bits per heavy atom. The van der Waals surface area contributed by atoms with Crippen LogP contribution in [0.3, 0.4) is 0 Å². The van der Waals surface area contributed by atoms with Crippen LogP contribution >= 0.6 is 0 Å². The van der Waals surface area contributed by atoms with E-state index < -0.39 is 23.8 Å². The number of carbonyl (C=O) groups is 3. The summed E-state index contributed by atoms with van der Waals surface area (Å²) in [5.74, 6) is -0.664. The van der Waals surface area contributed by atoms with E-state index >= 15 is 0 Å². The van der Waals surface area contributed by atoms with Crippen LogP contribution in [-0.4, -0.2) is 47.0 Å². The zero-order valence-corrected chi connectivity index (χ0v) is 24.3. The standard InChI is InChI=1S/C31H49N3O4/c1-8-10-14-20-34(29(36)26(22(3)4)33-30(37)38-31(5,6)7)27(24-17-15-16-23(9-2)21-24)28(35)32-25-18-12-11-13-19-25/h9,15-17,21-22,25-27H,2,8,10-14,18-20H2,1,3-7H3,(H,32,35)(H,33,37). The molecule has 7 nitrogen and oxygen atoms in total. The first-order chi connectivity index (χ1) is 18.0. The van der Waals surface area contributed by atoms with E-state index in [-0.39, 0.29) is 23.8 Å². The van der Waals surface area contributed by atoms with Crippen molar-refractivity contribution in [2.45, 2.75) is 117 Å². The van der Waals surface area contributed by atoms with E-state index in [1.807, 2.05) is 38.1 Å². The van der Waals surface area contributed by atoms with Gasteiger partial charge in [-0.15, -0.1) is 0 Å². The number of ether oxygens (including phenoxy) is 1. The average Bonchev–Trinajstić information content (AvgIpc) is 2.86. The van der Waals surface area contributed by atoms with Crippen molar-refractivity contribution < 1.29 is 19.1 Å². The maximum absolute atomic E-state index is 14.2. The predicted molar refractivity (Wildman–Crippen MR) is 154 cm³/mol. The van der Waals surface area contributed by atoms with E-state index in [4.69, 9.17) is 4.74 Å². The zero-order valence-electron chi connectivity index (χ0n) is 24.3. The fourth-order valence-corrected chi connectivity index (χ4v) is 4.88.